The minimum absolute atomic E-state index is 0.397. The molecular weight excluding hydrogens is 434 g/mol. The second-order valence-corrected chi connectivity index (χ2v) is 8.09. The number of likely N-dealkylation sites (N-methyl/N-ethyl adjacent to an activating group) is 1. The molecule has 4 nitrogen and oxygen atoms in total. The molecule has 0 saturated heterocycles. The summed E-state index contributed by atoms with van der Waals surface area (Å²) in [6.07, 6.45) is 0.860. The molecule has 0 fully saturated rings. The fourth-order valence-corrected chi connectivity index (χ4v) is 4.19. The maximum absolute atomic E-state index is 6.09. The smallest absolute Gasteiger partial charge is 0.194 e. The Morgan fingerprint density at radius 1 is 0.879 bits per heavy atom. The summed E-state index contributed by atoms with van der Waals surface area (Å²) in [5.41, 5.74) is 6.60. The number of furan rings is 1. The Labute approximate surface area is 199 Å². The van der Waals surface area contributed by atoms with Gasteiger partial charge in [-0.15, -0.1) is 0 Å². The van der Waals surface area contributed by atoms with Crippen LogP contribution in [0.4, 0.5) is 0 Å². The number of hydrogen-bond donors (Lipinski definition) is 1. The van der Waals surface area contributed by atoms with Crippen LogP contribution in [0.15, 0.2) is 77.2 Å². The van der Waals surface area contributed by atoms with Gasteiger partial charge in [-0.25, -0.2) is 0 Å². The van der Waals surface area contributed by atoms with E-state index in [2.05, 4.69) is 48.6 Å². The van der Waals surface area contributed by atoms with Gasteiger partial charge in [-0.2, -0.15) is 0 Å². The van der Waals surface area contributed by atoms with E-state index in [-0.39, 0.29) is 0 Å². The monoisotopic (exact) mass is 461 g/mol. The summed E-state index contributed by atoms with van der Waals surface area (Å²) in [6.45, 7) is 3.62. The number of halogens is 1. The van der Waals surface area contributed by atoms with E-state index in [0.717, 1.165) is 52.1 Å². The van der Waals surface area contributed by atoms with Gasteiger partial charge in [0.15, 0.2) is 5.22 Å². The maximum Gasteiger partial charge on any atom is 0.194 e. The van der Waals surface area contributed by atoms with Crippen molar-refractivity contribution in [3.8, 4) is 11.5 Å². The van der Waals surface area contributed by atoms with Crippen molar-refractivity contribution < 1.29 is 13.9 Å². The summed E-state index contributed by atoms with van der Waals surface area (Å²) in [6, 6.07) is 24.6. The molecule has 1 heterocycles. The zero-order valence-corrected chi connectivity index (χ0v) is 19.9. The van der Waals surface area contributed by atoms with E-state index in [1.54, 1.807) is 7.11 Å². The fraction of sp³-hybridized carbons (Fsp3) is 0.214. The van der Waals surface area contributed by atoms with Crippen LogP contribution in [0.1, 0.15) is 30.0 Å². The lowest BCUT2D eigenvalue weighted by Gasteiger charge is -2.17. The molecule has 3 aromatic carbocycles. The van der Waals surface area contributed by atoms with Gasteiger partial charge in [0.1, 0.15) is 23.7 Å². The van der Waals surface area contributed by atoms with Gasteiger partial charge in [0, 0.05) is 18.0 Å². The number of fused-ring (bicyclic) bond motifs is 1. The number of nitrogens with one attached hydrogen (secondary N) is 1. The molecule has 1 aromatic heterocycles. The zero-order valence-electron chi connectivity index (χ0n) is 19.2. The lowest BCUT2D eigenvalue weighted by Crippen LogP contribution is -2.15. The number of benzene rings is 3. The first-order valence-electron chi connectivity index (χ1n) is 11.1. The van der Waals surface area contributed by atoms with Crippen molar-refractivity contribution in [1.82, 2.24) is 5.32 Å². The highest BCUT2D eigenvalue weighted by Crippen LogP contribution is 2.37. The Balaban J connectivity index is 1.83. The standard InChI is InChI=1S/C28H28ClNO3/c1-4-25(21-9-14-26-22(17-21)18-27(29)33-26)28(19-5-10-23(31-3)11-6-19)20-7-12-24(13-8-20)32-16-15-30-2/h5-14,17-18,30H,4,15-16H2,1-3H3/b28-25-. The summed E-state index contributed by atoms with van der Waals surface area (Å²) in [5, 5.41) is 4.48. The number of ether oxygens (including phenoxy) is 2. The number of hydrogen-bond acceptors (Lipinski definition) is 4. The minimum atomic E-state index is 0.397. The summed E-state index contributed by atoms with van der Waals surface area (Å²) in [5.74, 6) is 1.69. The van der Waals surface area contributed by atoms with Gasteiger partial charge >= 0.3 is 0 Å². The maximum atomic E-state index is 6.09. The van der Waals surface area contributed by atoms with Gasteiger partial charge in [0.2, 0.25) is 0 Å². The van der Waals surface area contributed by atoms with Gasteiger partial charge in [0.05, 0.1) is 7.11 Å². The predicted molar refractivity (Wildman–Crippen MR) is 136 cm³/mol. The first kappa shape index (κ1) is 23.0. The van der Waals surface area contributed by atoms with Crippen LogP contribution >= 0.6 is 11.6 Å². The highest BCUT2D eigenvalue weighted by Gasteiger charge is 2.15. The van der Waals surface area contributed by atoms with Crippen LogP contribution in [0.25, 0.3) is 22.1 Å². The highest BCUT2D eigenvalue weighted by atomic mass is 35.5. The van der Waals surface area contributed by atoms with Crippen LogP contribution in [-0.4, -0.2) is 27.3 Å². The van der Waals surface area contributed by atoms with Gasteiger partial charge in [-0.3, -0.25) is 0 Å². The Kier molecular flexibility index (Phi) is 7.38. The SMILES string of the molecule is CC/C(=C(\c1ccc(OC)cc1)c1ccc(OCCNC)cc1)c1ccc2oc(Cl)cc2c1. The highest BCUT2D eigenvalue weighted by molar-refractivity contribution is 6.29. The topological polar surface area (TPSA) is 43.6 Å². The van der Waals surface area contributed by atoms with Crippen molar-refractivity contribution in [2.75, 3.05) is 27.3 Å². The van der Waals surface area contributed by atoms with Crippen molar-refractivity contribution in [2.45, 2.75) is 13.3 Å². The number of methoxy groups -OCH3 is 1. The Hall–Kier alpha value is -3.21. The Bertz CT molecular complexity index is 1240. The molecule has 0 radical (unpaired) electrons. The second kappa shape index (κ2) is 10.6. The third kappa shape index (κ3) is 5.24. The zero-order chi connectivity index (χ0) is 23.2. The quantitative estimate of drug-likeness (QED) is 0.214. The van der Waals surface area contributed by atoms with Crippen LogP contribution in [0.5, 0.6) is 11.5 Å². The molecule has 0 spiro atoms. The van der Waals surface area contributed by atoms with Crippen molar-refractivity contribution in [2.24, 2.45) is 0 Å². The van der Waals surface area contributed by atoms with Crippen LogP contribution < -0.4 is 14.8 Å². The van der Waals surface area contributed by atoms with E-state index in [4.69, 9.17) is 25.5 Å². The van der Waals surface area contributed by atoms with Crippen molar-refractivity contribution >= 4 is 33.7 Å². The third-order valence-corrected chi connectivity index (χ3v) is 5.82. The molecule has 1 N–H and O–H groups in total. The molecule has 0 unspecified atom stereocenters. The van der Waals surface area contributed by atoms with E-state index < -0.39 is 0 Å². The molecule has 0 amide bonds. The molecule has 0 bridgehead atoms. The van der Waals surface area contributed by atoms with Gasteiger partial charge < -0.3 is 19.2 Å². The van der Waals surface area contributed by atoms with E-state index >= 15 is 0 Å². The molecule has 0 aliphatic carbocycles. The third-order valence-electron chi connectivity index (χ3n) is 5.63. The Morgan fingerprint density at radius 3 is 2.12 bits per heavy atom. The Morgan fingerprint density at radius 2 is 1.52 bits per heavy atom. The van der Waals surface area contributed by atoms with Crippen LogP contribution in [0.3, 0.4) is 0 Å². The molecule has 0 atom stereocenters. The summed E-state index contributed by atoms with van der Waals surface area (Å²) in [4.78, 5) is 0. The summed E-state index contributed by atoms with van der Waals surface area (Å²) >= 11 is 6.09. The van der Waals surface area contributed by atoms with E-state index in [1.165, 1.54) is 11.1 Å². The lowest BCUT2D eigenvalue weighted by molar-refractivity contribution is 0.318. The van der Waals surface area contributed by atoms with Crippen molar-refractivity contribution in [1.29, 1.82) is 0 Å². The van der Waals surface area contributed by atoms with Crippen molar-refractivity contribution in [3.05, 3.63) is 94.7 Å². The van der Waals surface area contributed by atoms with Crippen molar-refractivity contribution in [3.63, 3.8) is 0 Å². The minimum Gasteiger partial charge on any atom is -0.497 e. The van der Waals surface area contributed by atoms with Crippen LogP contribution in [0, 0.1) is 0 Å². The molecule has 170 valence electrons. The summed E-state index contributed by atoms with van der Waals surface area (Å²) in [7, 11) is 3.60. The number of allylic oxidation sites excluding steroid dienone is 1. The normalized spacial score (nSPS) is 12.0. The van der Waals surface area contributed by atoms with E-state index in [1.807, 2.05) is 43.4 Å². The molecule has 33 heavy (non-hydrogen) atoms. The van der Waals surface area contributed by atoms with Gasteiger partial charge in [-0.05, 0) is 89.3 Å². The molecule has 0 saturated carbocycles. The van der Waals surface area contributed by atoms with E-state index in [9.17, 15) is 0 Å². The number of rotatable bonds is 9. The van der Waals surface area contributed by atoms with Crippen LogP contribution in [-0.2, 0) is 0 Å². The van der Waals surface area contributed by atoms with Gasteiger partial charge in [-0.1, -0.05) is 37.3 Å². The van der Waals surface area contributed by atoms with E-state index in [0.29, 0.717) is 11.8 Å². The molecular formula is C28H28ClNO3. The molecule has 0 aliphatic heterocycles. The molecule has 4 aromatic rings. The average Bonchev–Trinajstić information content (AvgIpc) is 3.22. The first-order valence-corrected chi connectivity index (χ1v) is 11.5. The average molecular weight is 462 g/mol. The molecule has 0 aliphatic rings. The largest absolute Gasteiger partial charge is 0.497 e. The lowest BCUT2D eigenvalue weighted by atomic mass is 9.88. The fourth-order valence-electron chi connectivity index (χ4n) is 3.99. The predicted octanol–water partition coefficient (Wildman–Crippen LogP) is 7.06. The molecule has 5 heteroatoms. The van der Waals surface area contributed by atoms with Crippen LogP contribution in [0.2, 0.25) is 5.22 Å². The van der Waals surface area contributed by atoms with Gasteiger partial charge in [0.25, 0.3) is 0 Å². The summed E-state index contributed by atoms with van der Waals surface area (Å²) < 4.78 is 16.8. The second-order valence-electron chi connectivity index (χ2n) is 7.72. The first-order chi connectivity index (χ1) is 16.1. The molecule has 4 rings (SSSR count).